The van der Waals surface area contributed by atoms with E-state index in [1.807, 2.05) is 30.0 Å². The molecule has 1 amide bonds. The summed E-state index contributed by atoms with van der Waals surface area (Å²) in [5.74, 6) is 1.85. The Morgan fingerprint density at radius 1 is 1.20 bits per heavy atom. The number of hydrogen-bond acceptors (Lipinski definition) is 6. The zero-order chi connectivity index (χ0) is 30.7. The Balaban J connectivity index is 1.14. The van der Waals surface area contributed by atoms with Gasteiger partial charge in [-0.2, -0.15) is 4.39 Å². The number of aryl methyl sites for hydroxylation is 1. The summed E-state index contributed by atoms with van der Waals surface area (Å²) < 4.78 is 31.8. The number of carbonyl (C=O) groups is 1. The van der Waals surface area contributed by atoms with Gasteiger partial charge in [0.1, 0.15) is 12.4 Å². The Kier molecular flexibility index (Phi) is 7.09. The summed E-state index contributed by atoms with van der Waals surface area (Å²) in [6, 6.07) is 12.6. The fraction of sp³-hybridized carbons (Fsp3) is 0.441. The van der Waals surface area contributed by atoms with Gasteiger partial charge in [-0.1, -0.05) is 12.1 Å². The van der Waals surface area contributed by atoms with E-state index in [9.17, 15) is 9.18 Å². The number of fused-ring (bicyclic) bond motifs is 3. The highest BCUT2D eigenvalue weighted by Gasteiger charge is 2.30. The van der Waals surface area contributed by atoms with Crippen molar-refractivity contribution in [2.75, 3.05) is 39.5 Å². The third kappa shape index (κ3) is 5.27. The van der Waals surface area contributed by atoms with Crippen molar-refractivity contribution in [1.82, 2.24) is 33.9 Å². The van der Waals surface area contributed by atoms with E-state index in [-0.39, 0.29) is 18.0 Å². The molecule has 0 radical (unpaired) electrons. The SMILES string of the molecule is CC(COc1cccc2cc(-c3nc4cc5c(cc4n3C)CCN(C[C@H]3COCCN3)C5=O)n(CC3CC3)c12)n1cnc(F)c1. The Bertz CT molecular complexity index is 1900. The summed E-state index contributed by atoms with van der Waals surface area (Å²) in [6.45, 7) is 6.76. The second kappa shape index (κ2) is 11.3. The van der Waals surface area contributed by atoms with Crippen molar-refractivity contribution in [2.24, 2.45) is 13.0 Å². The topological polar surface area (TPSA) is 91.4 Å². The minimum atomic E-state index is -0.497. The van der Waals surface area contributed by atoms with Crippen LogP contribution in [0.1, 0.15) is 41.7 Å². The molecule has 234 valence electrons. The van der Waals surface area contributed by atoms with Gasteiger partial charge in [0.15, 0.2) is 5.82 Å². The number of rotatable bonds is 9. The summed E-state index contributed by atoms with van der Waals surface area (Å²) in [4.78, 5) is 24.4. The van der Waals surface area contributed by atoms with Gasteiger partial charge in [0.05, 0.1) is 54.0 Å². The molecule has 3 aliphatic rings. The van der Waals surface area contributed by atoms with Crippen LogP contribution >= 0.6 is 0 Å². The van der Waals surface area contributed by atoms with Crippen LogP contribution < -0.4 is 10.1 Å². The predicted octanol–water partition coefficient (Wildman–Crippen LogP) is 4.57. The molecule has 11 heteroatoms. The first-order valence-electron chi connectivity index (χ1n) is 16.0. The molecule has 1 aliphatic carbocycles. The van der Waals surface area contributed by atoms with Crippen LogP contribution in [0.2, 0.25) is 0 Å². The number of nitrogens with zero attached hydrogens (tertiary/aromatic N) is 6. The number of para-hydroxylation sites is 1. The van der Waals surface area contributed by atoms with Crippen LogP contribution in [0, 0.1) is 11.9 Å². The van der Waals surface area contributed by atoms with Crippen molar-refractivity contribution >= 4 is 27.8 Å². The lowest BCUT2D eigenvalue weighted by Gasteiger charge is -2.33. The number of aromatic nitrogens is 5. The molecule has 2 aliphatic heterocycles. The number of benzene rings is 2. The van der Waals surface area contributed by atoms with Gasteiger partial charge in [-0.25, -0.2) is 9.97 Å². The van der Waals surface area contributed by atoms with Crippen LogP contribution in [0.3, 0.4) is 0 Å². The quantitative estimate of drug-likeness (QED) is 0.263. The molecule has 1 N–H and O–H groups in total. The fourth-order valence-corrected chi connectivity index (χ4v) is 6.81. The van der Waals surface area contributed by atoms with Crippen LogP contribution in [0.15, 0.2) is 48.9 Å². The summed E-state index contributed by atoms with van der Waals surface area (Å²) in [6.07, 6.45) is 6.12. The first-order valence-corrected chi connectivity index (χ1v) is 16.0. The smallest absolute Gasteiger partial charge is 0.254 e. The highest BCUT2D eigenvalue weighted by atomic mass is 19.1. The van der Waals surface area contributed by atoms with Crippen LogP contribution in [0.25, 0.3) is 33.5 Å². The third-order valence-corrected chi connectivity index (χ3v) is 9.52. The standard InChI is InChI=1S/C34H38FN7O3/c1-21(41-17-31(35)37-20-41)18-45-30-5-3-4-24-13-29(42(32(24)30)15-22-6-7-22)33-38-27-14-26-23(12-28(27)39(33)2)8-10-40(34(26)43)16-25-19-44-11-9-36-25/h3-5,12-14,17,20-22,25,36H,6-11,15-16,18-19H2,1-2H3/t21?,25-/m0/s1. The van der Waals surface area contributed by atoms with E-state index in [4.69, 9.17) is 14.5 Å². The Labute approximate surface area is 260 Å². The van der Waals surface area contributed by atoms with Crippen molar-refractivity contribution in [3.05, 3.63) is 66.0 Å². The van der Waals surface area contributed by atoms with E-state index < -0.39 is 5.95 Å². The number of amides is 1. The predicted molar refractivity (Wildman–Crippen MR) is 169 cm³/mol. The number of halogens is 1. The minimum Gasteiger partial charge on any atom is -0.489 e. The van der Waals surface area contributed by atoms with Gasteiger partial charge < -0.3 is 33.4 Å². The largest absolute Gasteiger partial charge is 0.489 e. The molecule has 1 saturated heterocycles. The number of imidazole rings is 2. The van der Waals surface area contributed by atoms with Crippen molar-refractivity contribution in [3.8, 4) is 17.3 Å². The van der Waals surface area contributed by atoms with Crippen molar-refractivity contribution in [3.63, 3.8) is 0 Å². The Morgan fingerprint density at radius 2 is 2.09 bits per heavy atom. The molecule has 5 heterocycles. The number of carbonyl (C=O) groups excluding carboxylic acids is 1. The maximum absolute atomic E-state index is 13.6. The van der Waals surface area contributed by atoms with E-state index in [2.05, 4.69) is 44.7 Å². The molecule has 1 saturated carbocycles. The number of morpholine rings is 1. The average Bonchev–Trinajstić information content (AvgIpc) is 3.51. The molecule has 2 atom stereocenters. The van der Waals surface area contributed by atoms with Gasteiger partial charge in [-0.05, 0) is 61.9 Å². The van der Waals surface area contributed by atoms with Gasteiger partial charge in [-0.15, -0.1) is 0 Å². The van der Waals surface area contributed by atoms with Crippen LogP contribution in [0.4, 0.5) is 4.39 Å². The summed E-state index contributed by atoms with van der Waals surface area (Å²) in [7, 11) is 2.06. The second-order valence-electron chi connectivity index (χ2n) is 12.8. The summed E-state index contributed by atoms with van der Waals surface area (Å²) in [5, 5.41) is 4.55. The first kappa shape index (κ1) is 28.3. The molecule has 0 bridgehead atoms. The molecule has 0 spiro atoms. The molecule has 8 rings (SSSR count). The molecular formula is C34H38FN7O3. The Morgan fingerprint density at radius 3 is 2.87 bits per heavy atom. The highest BCUT2D eigenvalue weighted by molar-refractivity contribution is 6.01. The maximum atomic E-state index is 13.6. The van der Waals surface area contributed by atoms with Crippen LogP contribution in [-0.4, -0.2) is 80.0 Å². The maximum Gasteiger partial charge on any atom is 0.254 e. The first-order chi connectivity index (χ1) is 21.9. The van der Waals surface area contributed by atoms with Gasteiger partial charge in [0, 0.05) is 50.2 Å². The third-order valence-electron chi connectivity index (χ3n) is 9.52. The molecule has 2 aromatic carbocycles. The molecule has 3 aromatic heterocycles. The number of hydrogen-bond donors (Lipinski definition) is 1. The highest BCUT2D eigenvalue weighted by Crippen LogP contribution is 2.39. The molecule has 45 heavy (non-hydrogen) atoms. The monoisotopic (exact) mass is 611 g/mol. The van der Waals surface area contributed by atoms with Crippen LogP contribution in [-0.2, 0) is 24.8 Å². The average molecular weight is 612 g/mol. The van der Waals surface area contributed by atoms with E-state index >= 15 is 0 Å². The number of ether oxygens (including phenoxy) is 2. The zero-order valence-corrected chi connectivity index (χ0v) is 25.7. The molecule has 2 fully saturated rings. The van der Waals surface area contributed by atoms with Crippen molar-refractivity contribution < 1.29 is 18.7 Å². The minimum absolute atomic E-state index is 0.0648. The van der Waals surface area contributed by atoms with Gasteiger partial charge in [-0.3, -0.25) is 4.79 Å². The van der Waals surface area contributed by atoms with Crippen LogP contribution in [0.5, 0.6) is 5.75 Å². The van der Waals surface area contributed by atoms with Crippen molar-refractivity contribution in [2.45, 2.75) is 44.8 Å². The van der Waals surface area contributed by atoms with Gasteiger partial charge >= 0.3 is 0 Å². The lowest BCUT2D eigenvalue weighted by atomic mass is 9.97. The Hall–Kier alpha value is -4.22. The van der Waals surface area contributed by atoms with Gasteiger partial charge in [0.2, 0.25) is 5.95 Å². The van der Waals surface area contributed by atoms with Crippen molar-refractivity contribution in [1.29, 1.82) is 0 Å². The molecular weight excluding hydrogens is 573 g/mol. The molecule has 5 aromatic rings. The van der Waals surface area contributed by atoms with E-state index in [1.54, 1.807) is 4.57 Å². The fourth-order valence-electron chi connectivity index (χ4n) is 6.81. The zero-order valence-electron chi connectivity index (χ0n) is 25.7. The summed E-state index contributed by atoms with van der Waals surface area (Å²) in [5.41, 5.74) is 5.74. The number of nitrogens with one attached hydrogen (secondary N) is 1. The van der Waals surface area contributed by atoms with Gasteiger partial charge in [0.25, 0.3) is 5.91 Å². The second-order valence-corrected chi connectivity index (χ2v) is 12.8. The van der Waals surface area contributed by atoms with E-state index in [0.717, 1.165) is 76.4 Å². The molecule has 10 nitrogen and oxygen atoms in total. The molecule has 1 unspecified atom stereocenters. The van der Waals surface area contributed by atoms with E-state index in [0.29, 0.717) is 32.2 Å². The lowest BCUT2D eigenvalue weighted by molar-refractivity contribution is 0.0512. The summed E-state index contributed by atoms with van der Waals surface area (Å²) >= 11 is 0. The van der Waals surface area contributed by atoms with E-state index in [1.165, 1.54) is 25.4 Å². The normalized spacial score (nSPS) is 19.4. The lowest BCUT2D eigenvalue weighted by Crippen LogP contribution is -2.51.